The highest BCUT2D eigenvalue weighted by Gasteiger charge is 2.47. The largest absolute Gasteiger partial charge is 0.478 e. The highest BCUT2D eigenvalue weighted by Crippen LogP contribution is 2.29. The molecule has 298 valence electrons. The summed E-state index contributed by atoms with van der Waals surface area (Å²) in [6.45, 7) is 11.6. The van der Waals surface area contributed by atoms with E-state index in [1.165, 1.54) is 29.2 Å². The molecule has 2 aromatic rings. The van der Waals surface area contributed by atoms with Crippen LogP contribution in [0.25, 0.3) is 0 Å². The zero-order valence-corrected chi connectivity index (χ0v) is 32.3. The molecule has 0 aromatic heterocycles. The summed E-state index contributed by atoms with van der Waals surface area (Å²) in [4.78, 5) is 106. The predicted octanol–water partition coefficient (Wildman–Crippen LogP) is 1.63. The van der Waals surface area contributed by atoms with Crippen LogP contribution in [0.1, 0.15) is 100 Å². The molecule has 5 atom stereocenters. The number of benzene rings is 2. The first-order chi connectivity index (χ1) is 25.6. The van der Waals surface area contributed by atoms with Gasteiger partial charge in [0.25, 0.3) is 11.8 Å². The van der Waals surface area contributed by atoms with Crippen molar-refractivity contribution in [1.82, 2.24) is 26.2 Å². The van der Waals surface area contributed by atoms with Crippen molar-refractivity contribution in [3.8, 4) is 0 Å². The molecule has 0 aliphatic carbocycles. The van der Waals surface area contributed by atoms with E-state index in [2.05, 4.69) is 21.3 Å². The van der Waals surface area contributed by atoms with Crippen molar-refractivity contribution in [2.75, 3.05) is 13.1 Å². The van der Waals surface area contributed by atoms with Gasteiger partial charge < -0.3 is 41.7 Å². The van der Waals surface area contributed by atoms with Crippen molar-refractivity contribution in [2.24, 2.45) is 11.1 Å². The Morgan fingerprint density at radius 1 is 0.873 bits per heavy atom. The van der Waals surface area contributed by atoms with E-state index >= 15 is 0 Å². The Balaban J connectivity index is 1.81. The molecule has 1 aliphatic rings. The summed E-state index contributed by atoms with van der Waals surface area (Å²) in [6, 6.07) is 8.87. The molecule has 16 heteroatoms. The quantitative estimate of drug-likeness (QED) is 0.135. The Morgan fingerprint density at radius 2 is 1.47 bits per heavy atom. The van der Waals surface area contributed by atoms with Crippen LogP contribution in [0.2, 0.25) is 0 Å². The van der Waals surface area contributed by atoms with Gasteiger partial charge in [-0.25, -0.2) is 4.79 Å². The normalized spacial score (nSPS) is 17.3. The number of nitrogens with zero attached hydrogens (tertiary/aromatic N) is 1. The molecular weight excluding hydrogens is 712 g/mol. The summed E-state index contributed by atoms with van der Waals surface area (Å²) >= 11 is 0. The number of aromatic carboxylic acids is 1. The lowest BCUT2D eigenvalue weighted by Gasteiger charge is -2.35. The van der Waals surface area contributed by atoms with Crippen LogP contribution in [0.4, 0.5) is 0 Å². The number of carbonyl (C=O) groups is 8. The number of Topliss-reactive ketones (excluding diaryl/α,β-unsaturated/α-hetero) is 1. The molecule has 1 aliphatic heterocycles. The average Bonchev–Trinajstić information content (AvgIpc) is 3.53. The fourth-order valence-corrected chi connectivity index (χ4v) is 6.17. The van der Waals surface area contributed by atoms with Crippen molar-refractivity contribution in [1.29, 1.82) is 0 Å². The minimum atomic E-state index is -1.33. The standard InChI is InChI=1S/C39H52N6O10/c1-8-14-26(30(47)35(51)41-20-28(46)43-29(32(40)48)22-15-10-9-11-16-22)42-34(50)27-19-23(55-39(5,6)7)21-45(27)36(52)31(38(2,3)4)44-33(49)24-17-12-13-18-25(24)37(53)54/h9-13,15-18,23,26-27,29,31H,8,14,19-21H2,1-7H3,(H2,40,48)(H,41,51)(H,42,50)(H,43,46)(H,44,49)(H,53,54). The van der Waals surface area contributed by atoms with Gasteiger partial charge in [-0.15, -0.1) is 0 Å². The van der Waals surface area contributed by atoms with Gasteiger partial charge in [0.2, 0.25) is 29.4 Å². The third-order valence-corrected chi connectivity index (χ3v) is 8.73. The summed E-state index contributed by atoms with van der Waals surface area (Å²) in [6.07, 6.45) is -0.163. The molecule has 16 nitrogen and oxygen atoms in total. The maximum Gasteiger partial charge on any atom is 0.336 e. The average molecular weight is 765 g/mol. The number of amides is 6. The molecule has 6 amide bonds. The number of carboxylic acids is 1. The van der Waals surface area contributed by atoms with E-state index in [-0.39, 0.29) is 30.5 Å². The van der Waals surface area contributed by atoms with Crippen molar-refractivity contribution in [3.63, 3.8) is 0 Å². The molecule has 1 heterocycles. The zero-order chi connectivity index (χ0) is 41.2. The SMILES string of the molecule is CCCC(NC(=O)C1CC(OC(C)(C)C)CN1C(=O)C(NC(=O)c1ccccc1C(=O)O)C(C)(C)C)C(=O)C(=O)NCC(=O)NC(C(N)=O)c1ccccc1. The summed E-state index contributed by atoms with van der Waals surface area (Å²) < 4.78 is 6.16. The Morgan fingerprint density at radius 3 is 2.02 bits per heavy atom. The number of rotatable bonds is 16. The first kappa shape index (κ1) is 43.8. The van der Waals surface area contributed by atoms with Crippen LogP contribution in [-0.4, -0.2) is 100 Å². The van der Waals surface area contributed by atoms with Gasteiger partial charge in [0.15, 0.2) is 0 Å². The fourth-order valence-electron chi connectivity index (χ4n) is 6.17. The van der Waals surface area contributed by atoms with E-state index in [0.717, 1.165) is 0 Å². The molecule has 3 rings (SSSR count). The number of nitrogens with one attached hydrogen (secondary N) is 4. The van der Waals surface area contributed by atoms with Gasteiger partial charge in [0.05, 0.1) is 35.4 Å². The predicted molar refractivity (Wildman–Crippen MR) is 200 cm³/mol. The van der Waals surface area contributed by atoms with E-state index < -0.39 is 95.0 Å². The van der Waals surface area contributed by atoms with Crippen LogP contribution in [0.15, 0.2) is 54.6 Å². The number of hydrogen-bond donors (Lipinski definition) is 6. The van der Waals surface area contributed by atoms with Crippen LogP contribution in [0, 0.1) is 5.41 Å². The molecule has 7 N–H and O–H groups in total. The van der Waals surface area contributed by atoms with Gasteiger partial charge in [-0.05, 0) is 50.3 Å². The first-order valence-corrected chi connectivity index (χ1v) is 18.0. The lowest BCUT2D eigenvalue weighted by molar-refractivity contribution is -0.144. The molecule has 2 aromatic carbocycles. The van der Waals surface area contributed by atoms with Crippen LogP contribution in [-0.2, 0) is 33.5 Å². The number of hydrogen-bond acceptors (Lipinski definition) is 9. The molecule has 0 spiro atoms. The number of primary amides is 1. The van der Waals surface area contributed by atoms with Crippen molar-refractivity contribution in [2.45, 2.75) is 104 Å². The Hall–Kier alpha value is -5.64. The minimum Gasteiger partial charge on any atom is -0.478 e. The van der Waals surface area contributed by atoms with E-state index in [9.17, 15) is 43.5 Å². The number of likely N-dealkylation sites (tertiary alicyclic amines) is 1. The molecule has 0 saturated carbocycles. The van der Waals surface area contributed by atoms with Gasteiger partial charge in [0, 0.05) is 13.0 Å². The van der Waals surface area contributed by atoms with E-state index in [1.807, 2.05) is 20.8 Å². The van der Waals surface area contributed by atoms with Crippen LogP contribution in [0.5, 0.6) is 0 Å². The maximum atomic E-state index is 14.4. The van der Waals surface area contributed by atoms with Crippen molar-refractivity contribution >= 4 is 47.2 Å². The van der Waals surface area contributed by atoms with E-state index in [4.69, 9.17) is 10.5 Å². The Kier molecular flexibility index (Phi) is 14.8. The molecular formula is C39H52N6O10. The Bertz CT molecular complexity index is 1770. The summed E-state index contributed by atoms with van der Waals surface area (Å²) in [5.74, 6) is -7.32. The number of nitrogens with two attached hydrogens (primary N) is 1. The fraction of sp³-hybridized carbons (Fsp3) is 0.487. The van der Waals surface area contributed by atoms with Gasteiger partial charge in [-0.3, -0.25) is 33.6 Å². The minimum absolute atomic E-state index is 0.0311. The van der Waals surface area contributed by atoms with Gasteiger partial charge >= 0.3 is 5.97 Å². The highest BCUT2D eigenvalue weighted by molar-refractivity contribution is 6.38. The van der Waals surface area contributed by atoms with E-state index in [1.54, 1.807) is 58.0 Å². The highest BCUT2D eigenvalue weighted by atomic mass is 16.5. The topological polar surface area (TPSA) is 243 Å². The molecule has 1 saturated heterocycles. The summed E-state index contributed by atoms with van der Waals surface area (Å²) in [7, 11) is 0. The summed E-state index contributed by atoms with van der Waals surface area (Å²) in [5.41, 5.74) is 3.89. The number of ketones is 1. The third-order valence-electron chi connectivity index (χ3n) is 8.73. The lowest BCUT2D eigenvalue weighted by Crippen LogP contribution is -2.59. The number of carboxylic acid groups (broad SMARTS) is 1. The smallest absolute Gasteiger partial charge is 0.336 e. The second kappa shape index (κ2) is 18.6. The molecule has 0 radical (unpaired) electrons. The summed E-state index contributed by atoms with van der Waals surface area (Å²) in [5, 5.41) is 19.6. The number of ether oxygens (including phenoxy) is 1. The van der Waals surface area contributed by atoms with Crippen molar-refractivity contribution < 1.29 is 48.2 Å². The van der Waals surface area contributed by atoms with Crippen LogP contribution < -0.4 is 27.0 Å². The van der Waals surface area contributed by atoms with E-state index in [0.29, 0.717) is 12.0 Å². The number of carbonyl (C=O) groups excluding carboxylic acids is 7. The molecule has 0 bridgehead atoms. The van der Waals surface area contributed by atoms with Crippen molar-refractivity contribution in [3.05, 3.63) is 71.3 Å². The van der Waals surface area contributed by atoms with Gasteiger partial charge in [0.1, 0.15) is 18.1 Å². The van der Waals surface area contributed by atoms with Crippen LogP contribution >= 0.6 is 0 Å². The third kappa shape index (κ3) is 12.2. The monoisotopic (exact) mass is 764 g/mol. The van der Waals surface area contributed by atoms with Gasteiger partial charge in [-0.2, -0.15) is 0 Å². The first-order valence-electron chi connectivity index (χ1n) is 18.0. The Labute approximate surface area is 320 Å². The zero-order valence-electron chi connectivity index (χ0n) is 32.3. The molecule has 5 unspecified atom stereocenters. The maximum absolute atomic E-state index is 14.4. The lowest BCUT2D eigenvalue weighted by atomic mass is 9.85. The van der Waals surface area contributed by atoms with Gasteiger partial charge in [-0.1, -0.05) is 76.6 Å². The second-order valence-electron chi connectivity index (χ2n) is 15.4. The molecule has 55 heavy (non-hydrogen) atoms. The van der Waals surface area contributed by atoms with Crippen LogP contribution in [0.3, 0.4) is 0 Å². The molecule has 1 fully saturated rings. The second-order valence-corrected chi connectivity index (χ2v) is 15.4.